The highest BCUT2D eigenvalue weighted by Gasteiger charge is 2.34. The highest BCUT2D eigenvalue weighted by atomic mass is 32.1. The molecular formula is C28H24N4O2S. The molecule has 2 aromatic heterocycles. The average Bonchev–Trinajstić information content (AvgIpc) is 3.14. The maximum Gasteiger partial charge on any atom is 0.270 e. The first-order valence-electron chi connectivity index (χ1n) is 11.4. The Bertz CT molecular complexity index is 1530. The number of aryl methyl sites for hydroxylation is 2. The standard InChI is InChI=1S/C28H24N4O2S/c1-4-19-7-9-22(10-8-19)32-27(34)24(26(33)30-28(32)35)16-21-14-17(2)31(18(21)3)23-11-12-25-20(15-23)6-5-13-29-25/h5-16H,4H2,1-3H3,(H,30,33,35)/b24-16+. The normalized spacial score (nSPS) is 15.2. The number of hydrogen-bond acceptors (Lipinski definition) is 4. The number of nitrogens with zero attached hydrogens (tertiary/aromatic N) is 3. The third-order valence-corrected chi connectivity index (χ3v) is 6.60. The number of fused-ring (bicyclic) bond motifs is 1. The number of hydrogen-bond donors (Lipinski definition) is 1. The van der Waals surface area contributed by atoms with Gasteiger partial charge in [0, 0.05) is 28.7 Å². The van der Waals surface area contributed by atoms with E-state index in [1.165, 1.54) is 4.90 Å². The summed E-state index contributed by atoms with van der Waals surface area (Å²) in [6.45, 7) is 6.05. The van der Waals surface area contributed by atoms with Crippen LogP contribution in [0, 0.1) is 13.8 Å². The molecule has 0 saturated carbocycles. The van der Waals surface area contributed by atoms with Crippen LogP contribution in [0.4, 0.5) is 5.69 Å². The van der Waals surface area contributed by atoms with Crippen LogP contribution in [0.3, 0.4) is 0 Å². The zero-order chi connectivity index (χ0) is 24.7. The number of pyridine rings is 1. The van der Waals surface area contributed by atoms with Gasteiger partial charge in [-0.2, -0.15) is 0 Å². The summed E-state index contributed by atoms with van der Waals surface area (Å²) in [6.07, 6.45) is 4.32. The summed E-state index contributed by atoms with van der Waals surface area (Å²) in [5, 5.41) is 3.79. The Kier molecular flexibility index (Phi) is 5.78. The Morgan fingerprint density at radius 3 is 2.49 bits per heavy atom. The van der Waals surface area contributed by atoms with E-state index in [-0.39, 0.29) is 10.7 Å². The van der Waals surface area contributed by atoms with E-state index in [1.807, 2.05) is 68.4 Å². The fourth-order valence-corrected chi connectivity index (χ4v) is 4.74. The van der Waals surface area contributed by atoms with Crippen LogP contribution < -0.4 is 10.2 Å². The van der Waals surface area contributed by atoms with E-state index in [0.717, 1.165) is 45.5 Å². The van der Waals surface area contributed by atoms with Gasteiger partial charge < -0.3 is 4.57 Å². The Morgan fingerprint density at radius 2 is 1.74 bits per heavy atom. The molecule has 7 heteroatoms. The number of anilines is 1. The molecule has 1 aliphatic heterocycles. The van der Waals surface area contributed by atoms with E-state index >= 15 is 0 Å². The lowest BCUT2D eigenvalue weighted by Gasteiger charge is -2.29. The SMILES string of the molecule is CCc1ccc(N2C(=O)/C(=C/c3cc(C)n(-c4ccc5ncccc5c4)c3C)C(=O)NC2=S)cc1. The van der Waals surface area contributed by atoms with Crippen LogP contribution in [-0.4, -0.2) is 26.5 Å². The van der Waals surface area contributed by atoms with Gasteiger partial charge in [-0.1, -0.05) is 25.1 Å². The number of carbonyl (C=O) groups is 2. The lowest BCUT2D eigenvalue weighted by molar-refractivity contribution is -0.122. The van der Waals surface area contributed by atoms with Crippen LogP contribution in [0.1, 0.15) is 29.4 Å². The monoisotopic (exact) mass is 480 g/mol. The summed E-state index contributed by atoms with van der Waals surface area (Å²) in [5.41, 5.74) is 6.44. The lowest BCUT2D eigenvalue weighted by Crippen LogP contribution is -2.54. The van der Waals surface area contributed by atoms with E-state index in [0.29, 0.717) is 5.69 Å². The van der Waals surface area contributed by atoms with E-state index in [1.54, 1.807) is 12.3 Å². The summed E-state index contributed by atoms with van der Waals surface area (Å²) in [7, 11) is 0. The van der Waals surface area contributed by atoms with Crippen molar-refractivity contribution in [2.45, 2.75) is 27.2 Å². The minimum absolute atomic E-state index is 0.0427. The smallest absolute Gasteiger partial charge is 0.270 e. The van der Waals surface area contributed by atoms with Crippen molar-refractivity contribution in [1.82, 2.24) is 14.9 Å². The Hall–Kier alpha value is -4.10. The van der Waals surface area contributed by atoms with E-state index in [2.05, 4.69) is 27.9 Å². The van der Waals surface area contributed by atoms with Gasteiger partial charge in [0.1, 0.15) is 5.57 Å². The highest BCUT2D eigenvalue weighted by molar-refractivity contribution is 7.80. The van der Waals surface area contributed by atoms with Gasteiger partial charge in [0.25, 0.3) is 11.8 Å². The number of nitrogens with one attached hydrogen (secondary N) is 1. The van der Waals surface area contributed by atoms with Gasteiger partial charge in [-0.3, -0.25) is 24.8 Å². The zero-order valence-electron chi connectivity index (χ0n) is 19.7. The molecule has 35 heavy (non-hydrogen) atoms. The van der Waals surface area contributed by atoms with Gasteiger partial charge in [0.15, 0.2) is 5.11 Å². The second kappa shape index (κ2) is 8.92. The summed E-state index contributed by atoms with van der Waals surface area (Å²) in [4.78, 5) is 32.0. The van der Waals surface area contributed by atoms with Gasteiger partial charge in [-0.25, -0.2) is 0 Å². The molecule has 3 heterocycles. The van der Waals surface area contributed by atoms with Crippen molar-refractivity contribution in [3.05, 3.63) is 94.9 Å². The lowest BCUT2D eigenvalue weighted by atomic mass is 10.1. The molecular weight excluding hydrogens is 456 g/mol. The van der Waals surface area contributed by atoms with Crippen LogP contribution in [0.5, 0.6) is 0 Å². The van der Waals surface area contributed by atoms with E-state index in [9.17, 15) is 9.59 Å². The first-order valence-corrected chi connectivity index (χ1v) is 11.8. The largest absolute Gasteiger partial charge is 0.318 e. The first-order chi connectivity index (χ1) is 16.9. The number of carbonyl (C=O) groups excluding carboxylic acids is 2. The maximum atomic E-state index is 13.4. The highest BCUT2D eigenvalue weighted by Crippen LogP contribution is 2.27. The molecule has 0 unspecified atom stereocenters. The Balaban J connectivity index is 1.54. The second-order valence-electron chi connectivity index (χ2n) is 8.52. The van der Waals surface area contributed by atoms with Crippen LogP contribution in [0.25, 0.3) is 22.7 Å². The molecule has 0 aliphatic carbocycles. The van der Waals surface area contributed by atoms with Crippen LogP contribution in [-0.2, 0) is 16.0 Å². The number of amides is 2. The van der Waals surface area contributed by atoms with Gasteiger partial charge in [0.2, 0.25) is 0 Å². The molecule has 0 spiro atoms. The van der Waals surface area contributed by atoms with Gasteiger partial charge >= 0.3 is 0 Å². The van der Waals surface area contributed by atoms with Gasteiger partial charge in [0.05, 0.1) is 11.2 Å². The predicted molar refractivity (Wildman–Crippen MR) is 143 cm³/mol. The Morgan fingerprint density at radius 1 is 1.00 bits per heavy atom. The molecule has 2 amide bonds. The van der Waals surface area contributed by atoms with Crippen molar-refractivity contribution in [3.63, 3.8) is 0 Å². The number of rotatable bonds is 4. The molecule has 1 N–H and O–H groups in total. The quantitative estimate of drug-likeness (QED) is 0.253. The minimum atomic E-state index is -0.497. The molecule has 4 aromatic rings. The van der Waals surface area contributed by atoms with E-state index < -0.39 is 11.8 Å². The topological polar surface area (TPSA) is 67.2 Å². The number of thiocarbonyl (C=S) groups is 1. The molecule has 5 rings (SSSR count). The summed E-state index contributed by atoms with van der Waals surface area (Å²) >= 11 is 5.33. The molecule has 1 aliphatic rings. The third kappa shape index (κ3) is 4.04. The maximum absolute atomic E-state index is 13.4. The molecule has 0 atom stereocenters. The molecule has 2 aromatic carbocycles. The minimum Gasteiger partial charge on any atom is -0.318 e. The summed E-state index contributed by atoms with van der Waals surface area (Å²) in [5.74, 6) is -0.937. The molecule has 1 fully saturated rings. The van der Waals surface area contributed by atoms with Crippen molar-refractivity contribution in [2.75, 3.05) is 4.90 Å². The summed E-state index contributed by atoms with van der Waals surface area (Å²) in [6, 6.07) is 19.6. The fourth-order valence-electron chi connectivity index (χ4n) is 4.46. The van der Waals surface area contributed by atoms with Crippen molar-refractivity contribution in [3.8, 4) is 5.69 Å². The van der Waals surface area contributed by atoms with Crippen LogP contribution in [0.15, 0.2) is 72.4 Å². The first kappa shape index (κ1) is 22.7. The van der Waals surface area contributed by atoms with Crippen molar-refractivity contribution in [2.24, 2.45) is 0 Å². The zero-order valence-corrected chi connectivity index (χ0v) is 20.5. The molecule has 1 saturated heterocycles. The molecule has 6 nitrogen and oxygen atoms in total. The molecule has 0 radical (unpaired) electrons. The fraction of sp³-hybridized carbons (Fsp3) is 0.143. The van der Waals surface area contributed by atoms with Crippen molar-refractivity contribution < 1.29 is 9.59 Å². The van der Waals surface area contributed by atoms with E-state index in [4.69, 9.17) is 12.2 Å². The number of benzene rings is 2. The van der Waals surface area contributed by atoms with Crippen LogP contribution in [0.2, 0.25) is 0 Å². The summed E-state index contributed by atoms with van der Waals surface area (Å²) < 4.78 is 2.11. The van der Waals surface area contributed by atoms with Crippen molar-refractivity contribution >= 4 is 51.8 Å². The van der Waals surface area contributed by atoms with Gasteiger partial charge in [-0.05, 0) is 92.2 Å². The number of aromatic nitrogens is 2. The average molecular weight is 481 g/mol. The Labute approximate surface area is 208 Å². The second-order valence-corrected chi connectivity index (χ2v) is 8.91. The molecule has 0 bridgehead atoms. The predicted octanol–water partition coefficient (Wildman–Crippen LogP) is 5.04. The van der Waals surface area contributed by atoms with Gasteiger partial charge in [-0.15, -0.1) is 0 Å². The molecule has 174 valence electrons. The third-order valence-electron chi connectivity index (χ3n) is 6.32. The van der Waals surface area contributed by atoms with Crippen LogP contribution >= 0.6 is 12.2 Å². The van der Waals surface area contributed by atoms with Crippen molar-refractivity contribution in [1.29, 1.82) is 0 Å².